The third-order valence-corrected chi connectivity index (χ3v) is 12.9. The molecule has 0 radical (unpaired) electrons. The molecule has 0 aromatic rings. The predicted octanol–water partition coefficient (Wildman–Crippen LogP) is 22.4. The van der Waals surface area contributed by atoms with Crippen molar-refractivity contribution in [2.75, 3.05) is 13.2 Å². The summed E-state index contributed by atoms with van der Waals surface area (Å²) in [6, 6.07) is 0. The third kappa shape index (κ3) is 65.2. The van der Waals surface area contributed by atoms with Crippen LogP contribution in [0.25, 0.3) is 0 Å². The lowest BCUT2D eigenvalue weighted by atomic mass is 10.1. The normalized spacial score (nSPS) is 13.4. The summed E-state index contributed by atoms with van der Waals surface area (Å²) in [5, 5.41) is 0. The lowest BCUT2D eigenvalue weighted by Crippen LogP contribution is -2.30. The number of carbonyl (C=O) groups is 3. The monoisotopic (exact) mass is 1110 g/mol. The molecule has 0 aliphatic heterocycles. The fraction of sp³-hybridized carbons (Fsp3) is 0.560. The van der Waals surface area contributed by atoms with Crippen molar-refractivity contribution in [2.45, 2.75) is 258 Å². The van der Waals surface area contributed by atoms with E-state index >= 15 is 0 Å². The lowest BCUT2D eigenvalue weighted by molar-refractivity contribution is -0.166. The first-order chi connectivity index (χ1) is 40.0. The Morgan fingerprint density at radius 1 is 0.259 bits per heavy atom. The highest BCUT2D eigenvalue weighted by Crippen LogP contribution is 2.13. The van der Waals surface area contributed by atoms with E-state index in [1.165, 1.54) is 51.4 Å². The van der Waals surface area contributed by atoms with E-state index < -0.39 is 6.10 Å². The lowest BCUT2D eigenvalue weighted by Gasteiger charge is -2.18. The zero-order valence-corrected chi connectivity index (χ0v) is 51.7. The summed E-state index contributed by atoms with van der Waals surface area (Å²) in [4.78, 5) is 38.3. The summed E-state index contributed by atoms with van der Waals surface area (Å²) in [6.45, 7) is 6.30. The average molecular weight is 1110 g/mol. The summed E-state index contributed by atoms with van der Waals surface area (Å²) in [6.07, 6.45) is 100. The van der Waals surface area contributed by atoms with Gasteiger partial charge in [0.05, 0.1) is 0 Å². The van der Waals surface area contributed by atoms with Crippen molar-refractivity contribution in [1.82, 2.24) is 0 Å². The maximum absolute atomic E-state index is 12.9. The van der Waals surface area contributed by atoms with Crippen LogP contribution >= 0.6 is 0 Å². The summed E-state index contributed by atoms with van der Waals surface area (Å²) >= 11 is 0. The Balaban J connectivity index is 4.61. The number of unbranched alkanes of at least 4 members (excludes halogenated alkanes) is 15. The van der Waals surface area contributed by atoms with Crippen LogP contribution < -0.4 is 0 Å². The first-order valence-electron chi connectivity index (χ1n) is 32.3. The van der Waals surface area contributed by atoms with Gasteiger partial charge in [-0.15, -0.1) is 0 Å². The molecule has 0 aromatic carbocycles. The van der Waals surface area contributed by atoms with Crippen LogP contribution in [0.3, 0.4) is 0 Å². The van der Waals surface area contributed by atoms with Crippen LogP contribution in [-0.4, -0.2) is 37.2 Å². The number of rotatable bonds is 56. The van der Waals surface area contributed by atoms with Gasteiger partial charge in [-0.05, 0) is 148 Å². The van der Waals surface area contributed by atoms with E-state index in [9.17, 15) is 14.4 Å². The van der Waals surface area contributed by atoms with Crippen molar-refractivity contribution in [3.63, 3.8) is 0 Å². The van der Waals surface area contributed by atoms with E-state index in [4.69, 9.17) is 14.2 Å². The van der Waals surface area contributed by atoms with E-state index in [-0.39, 0.29) is 44.0 Å². The molecule has 0 aliphatic rings. The van der Waals surface area contributed by atoms with Crippen LogP contribution in [-0.2, 0) is 28.6 Å². The van der Waals surface area contributed by atoms with Gasteiger partial charge in [0.2, 0.25) is 0 Å². The number of carbonyl (C=O) groups excluding carboxylic acids is 3. The van der Waals surface area contributed by atoms with Crippen molar-refractivity contribution in [3.8, 4) is 0 Å². The van der Waals surface area contributed by atoms with E-state index in [0.29, 0.717) is 12.8 Å². The van der Waals surface area contributed by atoms with Gasteiger partial charge >= 0.3 is 17.9 Å². The largest absolute Gasteiger partial charge is 0.462 e. The molecule has 1 unspecified atom stereocenters. The Hall–Kier alpha value is -5.49. The van der Waals surface area contributed by atoms with E-state index in [0.717, 1.165) is 154 Å². The van der Waals surface area contributed by atoms with E-state index in [1.54, 1.807) is 0 Å². The first-order valence-corrected chi connectivity index (χ1v) is 32.3. The van der Waals surface area contributed by atoms with Gasteiger partial charge < -0.3 is 14.2 Å². The topological polar surface area (TPSA) is 78.9 Å². The molecule has 0 N–H and O–H groups in total. The predicted molar refractivity (Wildman–Crippen MR) is 352 cm³/mol. The number of ether oxygens (including phenoxy) is 3. The van der Waals surface area contributed by atoms with E-state index in [1.807, 2.05) is 12.2 Å². The molecular formula is C75H116O6. The maximum atomic E-state index is 12.9. The molecule has 0 heterocycles. The Kier molecular flexibility index (Phi) is 62.5. The summed E-state index contributed by atoms with van der Waals surface area (Å²) in [5.74, 6) is -1.06. The quantitative estimate of drug-likeness (QED) is 0.0261. The average Bonchev–Trinajstić information content (AvgIpc) is 3.47. The molecule has 0 saturated heterocycles. The standard InChI is InChI=1S/C75H116O6/c1-4-7-10-13-16-19-22-25-28-31-34-36-37-39-41-44-47-50-53-56-59-62-65-68-74(77)80-71-72(70-79-73(76)67-64-61-58-55-52-49-46-43-40-33-30-27-24-21-18-15-12-9-6-3)81-75(78)69-66-63-60-57-54-51-48-45-42-38-35-32-29-26-23-20-17-14-11-8-5-2/h7,9-10,12,16,18-19,21,23,25-28,30,32,34-36,39-43,45,47,49-50,52,58,61,72H,4-6,8,11,13-15,17,20,22,24,29,31,33,37-38,44,46,48,51,53-57,59-60,62-71H2,1-3H3/b10-7-,12-9-,19-16-,21-18-,26-23-,28-25-,30-27-,35-32-,36-34-,41-39-,43-40-,45-42-,50-47-,52-49-,61-58-. The van der Waals surface area contributed by atoms with Crippen LogP contribution in [0, 0.1) is 0 Å². The summed E-state index contributed by atoms with van der Waals surface area (Å²) < 4.78 is 16.8. The second-order valence-electron chi connectivity index (χ2n) is 20.5. The summed E-state index contributed by atoms with van der Waals surface area (Å²) in [7, 11) is 0. The zero-order chi connectivity index (χ0) is 58.5. The fourth-order valence-electron chi connectivity index (χ4n) is 8.12. The Morgan fingerprint density at radius 2 is 0.506 bits per heavy atom. The molecular weight excluding hydrogens is 997 g/mol. The molecule has 0 rings (SSSR count). The van der Waals surface area contributed by atoms with Gasteiger partial charge in [0.25, 0.3) is 0 Å². The Labute approximate surface area is 497 Å². The van der Waals surface area contributed by atoms with Crippen molar-refractivity contribution >= 4 is 17.9 Å². The highest BCUT2D eigenvalue weighted by molar-refractivity contribution is 5.71. The molecule has 0 fully saturated rings. The molecule has 0 amide bonds. The van der Waals surface area contributed by atoms with Gasteiger partial charge in [0.15, 0.2) is 6.10 Å². The summed E-state index contributed by atoms with van der Waals surface area (Å²) in [5.41, 5.74) is 0. The molecule has 0 aliphatic carbocycles. The molecule has 6 nitrogen and oxygen atoms in total. The Bertz CT molecular complexity index is 1900. The third-order valence-electron chi connectivity index (χ3n) is 12.9. The Morgan fingerprint density at radius 3 is 0.827 bits per heavy atom. The van der Waals surface area contributed by atoms with Crippen LogP contribution in [0.5, 0.6) is 0 Å². The van der Waals surface area contributed by atoms with Crippen LogP contribution in [0.1, 0.15) is 252 Å². The highest BCUT2D eigenvalue weighted by atomic mass is 16.6. The van der Waals surface area contributed by atoms with Gasteiger partial charge in [-0.1, -0.05) is 267 Å². The smallest absolute Gasteiger partial charge is 0.306 e. The molecule has 6 heteroatoms. The minimum Gasteiger partial charge on any atom is -0.462 e. The highest BCUT2D eigenvalue weighted by Gasteiger charge is 2.19. The van der Waals surface area contributed by atoms with Crippen molar-refractivity contribution in [2.24, 2.45) is 0 Å². The first kappa shape index (κ1) is 75.5. The van der Waals surface area contributed by atoms with Crippen LogP contribution in [0.15, 0.2) is 182 Å². The molecule has 0 saturated carbocycles. The zero-order valence-electron chi connectivity index (χ0n) is 51.7. The van der Waals surface area contributed by atoms with Gasteiger partial charge in [-0.2, -0.15) is 0 Å². The van der Waals surface area contributed by atoms with Crippen LogP contribution in [0.4, 0.5) is 0 Å². The van der Waals surface area contributed by atoms with Crippen molar-refractivity contribution < 1.29 is 28.6 Å². The second kappa shape index (κ2) is 67.0. The van der Waals surface area contributed by atoms with Crippen molar-refractivity contribution in [1.29, 1.82) is 0 Å². The van der Waals surface area contributed by atoms with Gasteiger partial charge in [-0.25, -0.2) is 0 Å². The molecule has 0 spiro atoms. The fourth-order valence-corrected chi connectivity index (χ4v) is 8.12. The second-order valence-corrected chi connectivity index (χ2v) is 20.5. The number of esters is 3. The van der Waals surface area contributed by atoms with Gasteiger partial charge in [-0.3, -0.25) is 14.4 Å². The molecule has 452 valence electrons. The number of allylic oxidation sites excluding steroid dienone is 30. The van der Waals surface area contributed by atoms with Crippen molar-refractivity contribution in [3.05, 3.63) is 182 Å². The molecule has 0 aromatic heterocycles. The molecule has 81 heavy (non-hydrogen) atoms. The molecule has 0 bridgehead atoms. The number of hydrogen-bond acceptors (Lipinski definition) is 6. The number of hydrogen-bond donors (Lipinski definition) is 0. The molecule has 1 atom stereocenters. The van der Waals surface area contributed by atoms with Gasteiger partial charge in [0, 0.05) is 19.3 Å². The van der Waals surface area contributed by atoms with E-state index in [2.05, 4.69) is 191 Å². The SMILES string of the molecule is CC/C=C\C/C=C\C/C=C\C/C=C\C/C=C\C/C=C\CCCCCCC(=O)OCC(COC(=O)CC/C=C\C/C=C\C/C=C\C/C=C\C/C=C\C/C=C\CC)OC(=O)CCCCCCCC/C=C\C/C=C\C/C=C\CCCCCCC. The minimum atomic E-state index is -0.840. The maximum Gasteiger partial charge on any atom is 0.306 e. The minimum absolute atomic E-state index is 0.130. The van der Waals surface area contributed by atoms with Gasteiger partial charge in [0.1, 0.15) is 13.2 Å². The van der Waals surface area contributed by atoms with Crippen LogP contribution in [0.2, 0.25) is 0 Å².